The molecule has 0 unspecified atom stereocenters. The smallest absolute Gasteiger partial charge is 0.139 e. The predicted octanol–water partition coefficient (Wildman–Crippen LogP) is 15.2. The zero-order valence-electron chi connectivity index (χ0n) is 30.3. The second kappa shape index (κ2) is 11.8. The van der Waals surface area contributed by atoms with E-state index in [-0.39, 0.29) is 5.75 Å². The quantitative estimate of drug-likeness (QED) is 0.185. The molecule has 12 aromatic rings. The predicted molar refractivity (Wildman–Crippen MR) is 237 cm³/mol. The number of hydrogen-bond acceptors (Lipinski definition) is 2. The maximum Gasteiger partial charge on any atom is 0.139 e. The van der Waals surface area contributed by atoms with E-state index in [2.05, 4.69) is 182 Å². The summed E-state index contributed by atoms with van der Waals surface area (Å²) in [5.41, 5.74) is 7.75. The molecule has 56 heavy (non-hydrogen) atoms. The molecule has 260 valence electrons. The first-order chi connectivity index (χ1) is 27.7. The minimum atomic E-state index is 0.190. The fourth-order valence-corrected chi connectivity index (χ4v) is 9.28. The summed E-state index contributed by atoms with van der Waals surface area (Å²) in [5, 5.41) is 28.4. The molecule has 0 aliphatic heterocycles. The zero-order chi connectivity index (χ0) is 36.9. The van der Waals surface area contributed by atoms with E-state index < -0.39 is 0 Å². The maximum absolute atomic E-state index is 11.6. The molecule has 0 radical (unpaired) electrons. The fourth-order valence-electron chi connectivity index (χ4n) is 9.28. The van der Waals surface area contributed by atoms with Gasteiger partial charge in [0.05, 0.1) is 0 Å². The van der Waals surface area contributed by atoms with E-state index in [1.807, 2.05) is 0 Å². The van der Waals surface area contributed by atoms with Gasteiger partial charge in [-0.05, 0) is 129 Å². The van der Waals surface area contributed by atoms with Crippen molar-refractivity contribution in [2.75, 3.05) is 0 Å². The Balaban J connectivity index is 1.06. The monoisotopic (exact) mass is 712 g/mol. The van der Waals surface area contributed by atoms with Gasteiger partial charge < -0.3 is 9.52 Å². The van der Waals surface area contributed by atoms with Gasteiger partial charge in [0, 0.05) is 22.4 Å². The second-order valence-corrected chi connectivity index (χ2v) is 15.0. The Labute approximate surface area is 322 Å². The third-order valence-electron chi connectivity index (χ3n) is 11.9. The third-order valence-corrected chi connectivity index (χ3v) is 11.9. The van der Waals surface area contributed by atoms with Crippen LogP contribution in [0.1, 0.15) is 0 Å². The van der Waals surface area contributed by atoms with Crippen molar-refractivity contribution in [3.8, 4) is 39.1 Å². The third kappa shape index (κ3) is 4.57. The first-order valence-electron chi connectivity index (χ1n) is 19.1. The van der Waals surface area contributed by atoms with E-state index in [1.54, 1.807) is 6.07 Å². The molecule has 0 fully saturated rings. The molecule has 0 aliphatic carbocycles. The highest BCUT2D eigenvalue weighted by Crippen LogP contribution is 2.45. The van der Waals surface area contributed by atoms with Crippen LogP contribution in [-0.2, 0) is 0 Å². The van der Waals surface area contributed by atoms with Gasteiger partial charge >= 0.3 is 0 Å². The molecule has 12 rings (SSSR count). The van der Waals surface area contributed by atoms with E-state index in [0.29, 0.717) is 5.58 Å². The number of hydrogen-bond donors (Lipinski definition) is 1. The van der Waals surface area contributed by atoms with Gasteiger partial charge in [-0.1, -0.05) is 146 Å². The van der Waals surface area contributed by atoms with Crippen molar-refractivity contribution in [2.24, 2.45) is 0 Å². The Morgan fingerprint density at radius 2 is 0.786 bits per heavy atom. The first-order valence-corrected chi connectivity index (χ1v) is 19.1. The lowest BCUT2D eigenvalue weighted by atomic mass is 9.89. The number of aromatic hydroxyl groups is 1. The minimum Gasteiger partial charge on any atom is -0.507 e. The summed E-state index contributed by atoms with van der Waals surface area (Å²) in [5.74, 6) is 0.190. The van der Waals surface area contributed by atoms with E-state index in [4.69, 9.17) is 4.42 Å². The molecule has 11 aromatic carbocycles. The van der Waals surface area contributed by atoms with Crippen molar-refractivity contribution < 1.29 is 9.52 Å². The largest absolute Gasteiger partial charge is 0.507 e. The highest BCUT2D eigenvalue weighted by molar-refractivity contribution is 6.25. The van der Waals surface area contributed by atoms with Crippen LogP contribution in [0.5, 0.6) is 5.75 Å². The van der Waals surface area contributed by atoms with Gasteiger partial charge in [0.1, 0.15) is 16.9 Å². The van der Waals surface area contributed by atoms with E-state index in [0.717, 1.165) is 38.6 Å². The maximum atomic E-state index is 11.6. The first kappa shape index (κ1) is 31.0. The summed E-state index contributed by atoms with van der Waals surface area (Å²) >= 11 is 0. The van der Waals surface area contributed by atoms with Gasteiger partial charge in [0.2, 0.25) is 0 Å². The average Bonchev–Trinajstić information content (AvgIpc) is 3.61. The SMILES string of the molecule is Oc1cc2oc3ccc(-c4cc5ccccc5c5ccc6ccccc6c45)cc3c2cc1-c1cccc(-c2cc3ccccc3c3ccc4ccccc4c23)c1. The summed E-state index contributed by atoms with van der Waals surface area (Å²) in [6.45, 7) is 0. The van der Waals surface area contributed by atoms with Crippen molar-refractivity contribution in [1.29, 1.82) is 0 Å². The molecule has 0 saturated heterocycles. The Kier molecular flexibility index (Phi) is 6.52. The second-order valence-electron chi connectivity index (χ2n) is 15.0. The van der Waals surface area contributed by atoms with Crippen LogP contribution in [-0.4, -0.2) is 5.11 Å². The summed E-state index contributed by atoms with van der Waals surface area (Å²) in [7, 11) is 0. The number of phenols is 1. The number of fused-ring (bicyclic) bond motifs is 13. The summed E-state index contributed by atoms with van der Waals surface area (Å²) < 4.78 is 6.41. The molecule has 0 bridgehead atoms. The highest BCUT2D eigenvalue weighted by atomic mass is 16.3. The Morgan fingerprint density at radius 1 is 0.286 bits per heavy atom. The Bertz CT molecular complexity index is 3610. The summed E-state index contributed by atoms with van der Waals surface area (Å²) in [6, 6.07) is 67.1. The van der Waals surface area contributed by atoms with Crippen molar-refractivity contribution in [2.45, 2.75) is 0 Å². The van der Waals surface area contributed by atoms with Crippen LogP contribution in [0.15, 0.2) is 192 Å². The topological polar surface area (TPSA) is 33.4 Å². The van der Waals surface area contributed by atoms with Gasteiger partial charge in [-0.2, -0.15) is 0 Å². The number of furan rings is 1. The fraction of sp³-hybridized carbons (Fsp3) is 0. The molecule has 0 aliphatic rings. The van der Waals surface area contributed by atoms with Gasteiger partial charge in [-0.25, -0.2) is 0 Å². The molecule has 1 aromatic heterocycles. The van der Waals surface area contributed by atoms with E-state index >= 15 is 0 Å². The van der Waals surface area contributed by atoms with Gasteiger partial charge in [-0.3, -0.25) is 0 Å². The lowest BCUT2D eigenvalue weighted by Crippen LogP contribution is -1.88. The van der Waals surface area contributed by atoms with Crippen LogP contribution in [0.4, 0.5) is 0 Å². The lowest BCUT2D eigenvalue weighted by molar-refractivity contribution is 0.477. The van der Waals surface area contributed by atoms with Crippen LogP contribution in [0.25, 0.3) is 120 Å². The average molecular weight is 713 g/mol. The zero-order valence-corrected chi connectivity index (χ0v) is 30.3. The molecule has 0 atom stereocenters. The van der Waals surface area contributed by atoms with Crippen molar-refractivity contribution in [3.63, 3.8) is 0 Å². The van der Waals surface area contributed by atoms with Gasteiger partial charge in [-0.15, -0.1) is 0 Å². The molecular weight excluding hydrogens is 681 g/mol. The van der Waals surface area contributed by atoms with E-state index in [9.17, 15) is 5.11 Å². The van der Waals surface area contributed by atoms with Crippen LogP contribution in [0.3, 0.4) is 0 Å². The van der Waals surface area contributed by atoms with Crippen LogP contribution < -0.4 is 0 Å². The lowest BCUT2D eigenvalue weighted by Gasteiger charge is -2.15. The van der Waals surface area contributed by atoms with Crippen molar-refractivity contribution >= 4 is 86.6 Å². The van der Waals surface area contributed by atoms with Gasteiger partial charge in [0.15, 0.2) is 0 Å². The minimum absolute atomic E-state index is 0.190. The Hall–Kier alpha value is -7.42. The molecule has 1 heterocycles. The number of rotatable bonds is 3. The molecule has 2 heteroatoms. The normalized spacial score (nSPS) is 12.0. The Morgan fingerprint density at radius 3 is 1.39 bits per heavy atom. The molecule has 1 N–H and O–H groups in total. The van der Waals surface area contributed by atoms with Gasteiger partial charge in [0.25, 0.3) is 0 Å². The number of benzene rings is 11. The highest BCUT2D eigenvalue weighted by Gasteiger charge is 2.18. The number of phenolic OH excluding ortho intramolecular Hbond substituents is 1. The molecule has 0 saturated carbocycles. The van der Waals surface area contributed by atoms with Crippen molar-refractivity contribution in [3.05, 3.63) is 188 Å². The molecule has 2 nitrogen and oxygen atoms in total. The summed E-state index contributed by atoms with van der Waals surface area (Å²) in [4.78, 5) is 0. The molecule has 0 amide bonds. The standard InChI is InChI=1S/C54H32O2/c55-50-31-52-49(48-29-38(22-25-51(48)56-52)47-28-37-13-4-6-17-40(37)44-24-21-33-11-2-8-19-42(33)54(44)47)30-45(50)34-14-9-15-35(26-34)46-27-36-12-3-5-16-39(36)43-23-20-32-10-1-7-18-41(32)53(43)46/h1-31,55H. The summed E-state index contributed by atoms with van der Waals surface area (Å²) in [6.07, 6.45) is 0. The molecular formula is C54H32O2. The van der Waals surface area contributed by atoms with Crippen molar-refractivity contribution in [1.82, 2.24) is 0 Å². The van der Waals surface area contributed by atoms with E-state index in [1.165, 1.54) is 75.8 Å². The molecule has 0 spiro atoms. The van der Waals surface area contributed by atoms with Crippen LogP contribution in [0.2, 0.25) is 0 Å². The van der Waals surface area contributed by atoms with Crippen LogP contribution in [0, 0.1) is 0 Å². The van der Waals surface area contributed by atoms with Crippen LogP contribution >= 0.6 is 0 Å².